The van der Waals surface area contributed by atoms with Crippen LogP contribution in [0.2, 0.25) is 0 Å². The summed E-state index contributed by atoms with van der Waals surface area (Å²) in [6, 6.07) is 10.4. The molecule has 2 rings (SSSR count). The average molecular weight is 382 g/mol. The molecule has 0 atom stereocenters. The Morgan fingerprint density at radius 2 is 1.75 bits per heavy atom. The van der Waals surface area contributed by atoms with E-state index >= 15 is 0 Å². The maximum atomic E-state index is 11.1. The highest BCUT2D eigenvalue weighted by atomic mass is 16.6. The molecule has 0 radical (unpaired) electrons. The number of nitro groups is 2. The number of nitrogens with zero attached hydrogens (tertiary/aromatic N) is 3. The van der Waals surface area contributed by atoms with Crippen molar-refractivity contribution in [1.29, 1.82) is 0 Å². The lowest BCUT2D eigenvalue weighted by Crippen LogP contribution is -2.14. The quantitative estimate of drug-likeness (QED) is 0.352. The first kappa shape index (κ1) is 20.5. The minimum atomic E-state index is -1.08. The summed E-state index contributed by atoms with van der Waals surface area (Å²) in [5.74, 6) is 5.57. The molecular formula is C19H18N4O5. The number of aliphatic hydroxyl groups is 1. The largest absolute Gasteiger partial charge is 0.378 e. The lowest BCUT2D eigenvalue weighted by Gasteiger charge is -2.06. The van der Waals surface area contributed by atoms with Gasteiger partial charge in [0.2, 0.25) is 0 Å². The van der Waals surface area contributed by atoms with E-state index in [1.165, 1.54) is 6.07 Å². The lowest BCUT2D eigenvalue weighted by molar-refractivity contribution is -0.393. The van der Waals surface area contributed by atoms with Crippen molar-refractivity contribution in [3.63, 3.8) is 0 Å². The predicted molar refractivity (Wildman–Crippen MR) is 105 cm³/mol. The first-order valence-electron chi connectivity index (χ1n) is 8.16. The second-order valence-electron chi connectivity index (χ2n) is 6.41. The number of non-ortho nitro benzene ring substituents is 1. The average Bonchev–Trinajstić information content (AvgIpc) is 2.64. The summed E-state index contributed by atoms with van der Waals surface area (Å²) in [6.45, 7) is 4.89. The summed E-state index contributed by atoms with van der Waals surface area (Å²) in [7, 11) is 0. The van der Waals surface area contributed by atoms with Gasteiger partial charge in [0, 0.05) is 11.6 Å². The molecule has 9 nitrogen and oxygen atoms in total. The monoisotopic (exact) mass is 382 g/mol. The summed E-state index contributed by atoms with van der Waals surface area (Å²) < 4.78 is 0. The minimum absolute atomic E-state index is 0.0441. The molecule has 0 heterocycles. The Morgan fingerprint density at radius 3 is 2.29 bits per heavy atom. The number of hydrogen-bond donors (Lipinski definition) is 2. The first-order valence-corrected chi connectivity index (χ1v) is 8.16. The standard InChI is InChI=1S/C19H18N4O5/c1-13(15-6-4-14(5-7-15)10-11-19(2,3)24)20-21-17-9-8-16(22(25)26)12-18(17)23(27)28/h4-9,12,21,24H,1-3H3/b20-13-. The van der Waals surface area contributed by atoms with Gasteiger partial charge in [-0.2, -0.15) is 5.10 Å². The third-order valence-electron chi connectivity index (χ3n) is 3.55. The summed E-state index contributed by atoms with van der Waals surface area (Å²) in [5.41, 5.74) is 2.75. The van der Waals surface area contributed by atoms with Crippen LogP contribution >= 0.6 is 0 Å². The molecule has 0 spiro atoms. The Labute approximate surface area is 161 Å². The molecule has 2 N–H and O–H groups in total. The third kappa shape index (κ3) is 5.62. The van der Waals surface area contributed by atoms with Crippen LogP contribution in [0.5, 0.6) is 0 Å². The van der Waals surface area contributed by atoms with Crippen molar-refractivity contribution in [2.24, 2.45) is 5.10 Å². The molecule has 0 unspecified atom stereocenters. The van der Waals surface area contributed by atoms with Gasteiger partial charge in [-0.3, -0.25) is 25.7 Å². The van der Waals surface area contributed by atoms with Crippen molar-refractivity contribution < 1.29 is 15.0 Å². The van der Waals surface area contributed by atoms with E-state index in [2.05, 4.69) is 22.4 Å². The molecule has 0 saturated carbocycles. The topological polar surface area (TPSA) is 131 Å². The summed E-state index contributed by atoms with van der Waals surface area (Å²) in [5, 5.41) is 35.7. The van der Waals surface area contributed by atoms with Crippen molar-refractivity contribution in [2.45, 2.75) is 26.4 Å². The molecule has 0 aromatic heterocycles. The summed E-state index contributed by atoms with van der Waals surface area (Å²) in [4.78, 5) is 20.5. The van der Waals surface area contributed by atoms with Crippen LogP contribution in [0, 0.1) is 32.1 Å². The normalized spacial score (nSPS) is 11.4. The van der Waals surface area contributed by atoms with Crippen molar-refractivity contribution >= 4 is 22.8 Å². The molecule has 0 aliphatic rings. The number of nitro benzene ring substituents is 2. The van der Waals surface area contributed by atoms with Gasteiger partial charge < -0.3 is 5.11 Å². The fourth-order valence-electron chi connectivity index (χ4n) is 2.11. The van der Waals surface area contributed by atoms with Gasteiger partial charge >= 0.3 is 5.69 Å². The van der Waals surface area contributed by atoms with Gasteiger partial charge in [0.25, 0.3) is 5.69 Å². The van der Waals surface area contributed by atoms with Crippen molar-refractivity contribution in [1.82, 2.24) is 0 Å². The molecule has 0 aliphatic carbocycles. The minimum Gasteiger partial charge on any atom is -0.378 e. The van der Waals surface area contributed by atoms with Gasteiger partial charge in [-0.1, -0.05) is 24.0 Å². The number of nitrogens with one attached hydrogen (secondary N) is 1. The van der Waals surface area contributed by atoms with Gasteiger partial charge in [0.1, 0.15) is 11.3 Å². The van der Waals surface area contributed by atoms with E-state index in [-0.39, 0.29) is 11.4 Å². The van der Waals surface area contributed by atoms with Crippen LogP contribution < -0.4 is 5.43 Å². The highest BCUT2D eigenvalue weighted by molar-refractivity contribution is 5.99. The smallest absolute Gasteiger partial charge is 0.301 e. The predicted octanol–water partition coefficient (Wildman–Crippen LogP) is 3.46. The maximum absolute atomic E-state index is 11.1. The molecule has 2 aromatic carbocycles. The zero-order valence-electron chi connectivity index (χ0n) is 15.5. The van der Waals surface area contributed by atoms with E-state index in [0.717, 1.165) is 23.3 Å². The van der Waals surface area contributed by atoms with E-state index in [4.69, 9.17) is 0 Å². The summed E-state index contributed by atoms with van der Waals surface area (Å²) >= 11 is 0. The van der Waals surface area contributed by atoms with Crippen LogP contribution in [0.4, 0.5) is 17.1 Å². The molecule has 0 amide bonds. The van der Waals surface area contributed by atoms with Gasteiger partial charge in [-0.25, -0.2) is 0 Å². The zero-order valence-corrected chi connectivity index (χ0v) is 15.5. The Morgan fingerprint density at radius 1 is 1.11 bits per heavy atom. The van der Waals surface area contributed by atoms with Crippen LogP contribution in [0.15, 0.2) is 47.6 Å². The Kier molecular flexibility index (Phi) is 6.08. The SMILES string of the molecule is C/C(=N/Nc1ccc([N+](=O)[O-])cc1[N+](=O)[O-])c1ccc(C#CC(C)(C)O)cc1. The van der Waals surface area contributed by atoms with Crippen LogP contribution in [0.25, 0.3) is 0 Å². The highest BCUT2D eigenvalue weighted by Gasteiger charge is 2.19. The number of rotatable bonds is 5. The van der Waals surface area contributed by atoms with Crippen molar-refractivity contribution in [2.75, 3.05) is 5.43 Å². The molecule has 0 aliphatic heterocycles. The van der Waals surface area contributed by atoms with Crippen LogP contribution in [-0.4, -0.2) is 26.3 Å². The Hall–Kier alpha value is -3.77. The molecule has 0 saturated heterocycles. The highest BCUT2D eigenvalue weighted by Crippen LogP contribution is 2.29. The van der Waals surface area contributed by atoms with E-state index in [0.29, 0.717) is 5.71 Å². The van der Waals surface area contributed by atoms with Crippen molar-refractivity contribution in [3.8, 4) is 11.8 Å². The maximum Gasteiger partial charge on any atom is 0.301 e. The molecule has 0 bridgehead atoms. The van der Waals surface area contributed by atoms with E-state index in [9.17, 15) is 25.3 Å². The first-order chi connectivity index (χ1) is 13.1. The lowest BCUT2D eigenvalue weighted by atomic mass is 10.1. The van der Waals surface area contributed by atoms with Gasteiger partial charge in [-0.05, 0) is 44.5 Å². The van der Waals surface area contributed by atoms with E-state index < -0.39 is 21.1 Å². The molecule has 9 heteroatoms. The van der Waals surface area contributed by atoms with Gasteiger partial charge in [0.15, 0.2) is 0 Å². The van der Waals surface area contributed by atoms with E-state index in [1.807, 2.05) is 0 Å². The third-order valence-corrected chi connectivity index (χ3v) is 3.55. The Balaban J connectivity index is 2.21. The van der Waals surface area contributed by atoms with Crippen LogP contribution in [-0.2, 0) is 0 Å². The number of anilines is 1. The number of benzene rings is 2. The number of hydrogen-bond acceptors (Lipinski definition) is 7. The number of hydrazone groups is 1. The molecular weight excluding hydrogens is 364 g/mol. The van der Waals surface area contributed by atoms with Crippen molar-refractivity contribution in [3.05, 3.63) is 73.8 Å². The van der Waals surface area contributed by atoms with Crippen LogP contribution in [0.1, 0.15) is 31.9 Å². The van der Waals surface area contributed by atoms with Crippen LogP contribution in [0.3, 0.4) is 0 Å². The second-order valence-corrected chi connectivity index (χ2v) is 6.41. The molecule has 144 valence electrons. The fraction of sp³-hybridized carbons (Fsp3) is 0.211. The molecule has 2 aromatic rings. The fourth-order valence-corrected chi connectivity index (χ4v) is 2.11. The van der Waals surface area contributed by atoms with Gasteiger partial charge in [0.05, 0.1) is 21.6 Å². The Bertz CT molecular complexity index is 996. The van der Waals surface area contributed by atoms with Gasteiger partial charge in [-0.15, -0.1) is 0 Å². The summed E-state index contributed by atoms with van der Waals surface area (Å²) in [6.07, 6.45) is 0. The zero-order chi connectivity index (χ0) is 20.9. The second kappa shape index (κ2) is 8.28. The molecule has 28 heavy (non-hydrogen) atoms. The van der Waals surface area contributed by atoms with E-state index in [1.54, 1.807) is 45.0 Å². The molecule has 0 fully saturated rings.